The molecule has 110 valence electrons. The maximum atomic E-state index is 13.5. The first-order valence-corrected chi connectivity index (χ1v) is 6.92. The Morgan fingerprint density at radius 3 is 2.64 bits per heavy atom. The Morgan fingerprint density at radius 2 is 1.82 bits per heavy atom. The minimum atomic E-state index is -0.362. The maximum Gasteiger partial charge on any atom is 0.224 e. The zero-order valence-corrected chi connectivity index (χ0v) is 11.8. The van der Waals surface area contributed by atoms with E-state index >= 15 is 0 Å². The third-order valence-corrected chi connectivity index (χ3v) is 3.33. The first-order valence-electron chi connectivity index (χ1n) is 6.92. The van der Waals surface area contributed by atoms with E-state index < -0.39 is 0 Å². The van der Waals surface area contributed by atoms with Gasteiger partial charge in [-0.15, -0.1) is 0 Å². The van der Waals surface area contributed by atoms with E-state index in [9.17, 15) is 9.18 Å². The second kappa shape index (κ2) is 6.30. The molecule has 0 unspecified atom stereocenters. The monoisotopic (exact) mass is 295 g/mol. The fourth-order valence-electron chi connectivity index (χ4n) is 2.20. The average molecular weight is 295 g/mol. The number of rotatable bonds is 4. The van der Waals surface area contributed by atoms with Crippen LogP contribution in [0.5, 0.6) is 0 Å². The van der Waals surface area contributed by atoms with Crippen molar-refractivity contribution in [3.05, 3.63) is 71.8 Å². The van der Waals surface area contributed by atoms with Crippen LogP contribution in [0.3, 0.4) is 0 Å². The van der Waals surface area contributed by atoms with Crippen molar-refractivity contribution >= 4 is 16.9 Å². The van der Waals surface area contributed by atoms with E-state index in [1.165, 1.54) is 6.07 Å². The summed E-state index contributed by atoms with van der Waals surface area (Å²) in [6, 6.07) is 11.9. The van der Waals surface area contributed by atoms with Crippen LogP contribution in [0.2, 0.25) is 0 Å². The minimum absolute atomic E-state index is 0.0278. The molecule has 1 amide bonds. The molecule has 0 aliphatic heterocycles. The molecular formula is C17H14FN3O. The number of amides is 1. The van der Waals surface area contributed by atoms with Gasteiger partial charge in [0, 0.05) is 18.9 Å². The molecule has 0 aliphatic carbocycles. The van der Waals surface area contributed by atoms with E-state index in [1.54, 1.807) is 30.6 Å². The Hall–Kier alpha value is -2.82. The number of hydrogen-bond donors (Lipinski definition) is 1. The van der Waals surface area contributed by atoms with E-state index in [0.717, 1.165) is 16.6 Å². The molecule has 0 atom stereocenters. The lowest BCUT2D eigenvalue weighted by Gasteiger charge is -2.07. The molecule has 5 heteroatoms. The highest BCUT2D eigenvalue weighted by atomic mass is 19.1. The fourth-order valence-corrected chi connectivity index (χ4v) is 2.20. The summed E-state index contributed by atoms with van der Waals surface area (Å²) >= 11 is 0. The van der Waals surface area contributed by atoms with Crippen LogP contribution in [0.4, 0.5) is 4.39 Å². The summed E-state index contributed by atoms with van der Waals surface area (Å²) in [7, 11) is 0. The highest BCUT2D eigenvalue weighted by molar-refractivity contribution is 5.79. The highest BCUT2D eigenvalue weighted by Crippen LogP contribution is 2.11. The summed E-state index contributed by atoms with van der Waals surface area (Å²) in [4.78, 5) is 20.3. The first kappa shape index (κ1) is 14.1. The van der Waals surface area contributed by atoms with Gasteiger partial charge < -0.3 is 5.32 Å². The van der Waals surface area contributed by atoms with Gasteiger partial charge in [-0.25, -0.2) is 4.39 Å². The summed E-state index contributed by atoms with van der Waals surface area (Å²) in [5.41, 5.74) is 2.91. The number of benzene rings is 2. The van der Waals surface area contributed by atoms with E-state index in [0.29, 0.717) is 12.1 Å². The molecule has 22 heavy (non-hydrogen) atoms. The molecule has 0 saturated heterocycles. The lowest BCUT2D eigenvalue weighted by Crippen LogP contribution is -2.24. The predicted molar refractivity (Wildman–Crippen MR) is 81.5 cm³/mol. The van der Waals surface area contributed by atoms with Crippen molar-refractivity contribution in [3.8, 4) is 0 Å². The molecule has 1 heterocycles. The van der Waals surface area contributed by atoms with Crippen molar-refractivity contribution < 1.29 is 9.18 Å². The van der Waals surface area contributed by atoms with Crippen LogP contribution in [0.1, 0.15) is 11.1 Å². The first-order chi connectivity index (χ1) is 10.7. The van der Waals surface area contributed by atoms with Crippen LogP contribution in [0.25, 0.3) is 11.0 Å². The summed E-state index contributed by atoms with van der Waals surface area (Å²) in [6.45, 7) is 0.375. The van der Waals surface area contributed by atoms with Crippen molar-refractivity contribution in [2.45, 2.75) is 13.0 Å². The Balaban J connectivity index is 1.63. The zero-order chi connectivity index (χ0) is 15.4. The van der Waals surface area contributed by atoms with Crippen molar-refractivity contribution in [1.29, 1.82) is 0 Å². The normalized spacial score (nSPS) is 10.6. The topological polar surface area (TPSA) is 54.9 Å². The van der Waals surface area contributed by atoms with Crippen molar-refractivity contribution in [3.63, 3.8) is 0 Å². The van der Waals surface area contributed by atoms with Gasteiger partial charge >= 0.3 is 0 Å². The van der Waals surface area contributed by atoms with Gasteiger partial charge in [0.05, 0.1) is 17.5 Å². The van der Waals surface area contributed by atoms with Crippen LogP contribution in [0.15, 0.2) is 54.9 Å². The molecule has 1 aromatic heterocycles. The molecule has 0 spiro atoms. The number of nitrogens with one attached hydrogen (secondary N) is 1. The Kier molecular flexibility index (Phi) is 4.05. The predicted octanol–water partition coefficient (Wildman–Crippen LogP) is 2.63. The third kappa shape index (κ3) is 3.25. The molecule has 3 aromatic rings. The van der Waals surface area contributed by atoms with Crippen LogP contribution in [-0.4, -0.2) is 15.9 Å². The number of carbonyl (C=O) groups is 1. The van der Waals surface area contributed by atoms with Crippen molar-refractivity contribution in [1.82, 2.24) is 15.3 Å². The van der Waals surface area contributed by atoms with Crippen LogP contribution >= 0.6 is 0 Å². The number of aromatic nitrogens is 2. The Labute approximate surface area is 127 Å². The van der Waals surface area contributed by atoms with Crippen LogP contribution < -0.4 is 5.32 Å². The fraction of sp³-hybridized carbons (Fsp3) is 0.118. The molecule has 0 aliphatic rings. The maximum absolute atomic E-state index is 13.5. The highest BCUT2D eigenvalue weighted by Gasteiger charge is 2.07. The van der Waals surface area contributed by atoms with Gasteiger partial charge in [0.2, 0.25) is 5.91 Å². The molecule has 0 fully saturated rings. The summed E-state index contributed by atoms with van der Waals surface area (Å²) in [5, 5.41) is 2.79. The van der Waals surface area contributed by atoms with E-state index in [4.69, 9.17) is 0 Å². The van der Waals surface area contributed by atoms with Crippen LogP contribution in [-0.2, 0) is 17.8 Å². The molecule has 0 saturated carbocycles. The van der Waals surface area contributed by atoms with Gasteiger partial charge in [0.15, 0.2) is 0 Å². The molecule has 0 radical (unpaired) electrons. The molecule has 2 aromatic carbocycles. The lowest BCUT2D eigenvalue weighted by atomic mass is 10.1. The molecule has 4 nitrogen and oxygen atoms in total. The second-order valence-electron chi connectivity index (χ2n) is 4.92. The SMILES string of the molecule is O=C(Cc1ccccc1F)NCc1ccc2nccnc2c1. The number of nitrogens with zero attached hydrogens (tertiary/aromatic N) is 2. The van der Waals surface area contributed by atoms with E-state index in [-0.39, 0.29) is 18.1 Å². The second-order valence-corrected chi connectivity index (χ2v) is 4.92. The largest absolute Gasteiger partial charge is 0.352 e. The van der Waals surface area contributed by atoms with Gasteiger partial charge in [0.25, 0.3) is 0 Å². The Morgan fingerprint density at radius 1 is 1.05 bits per heavy atom. The van der Waals surface area contributed by atoms with E-state index in [1.807, 2.05) is 18.2 Å². The molecule has 3 rings (SSSR count). The quantitative estimate of drug-likeness (QED) is 0.805. The van der Waals surface area contributed by atoms with E-state index in [2.05, 4.69) is 15.3 Å². The molecule has 0 bridgehead atoms. The summed E-state index contributed by atoms with van der Waals surface area (Å²) in [6.07, 6.45) is 3.29. The Bertz CT molecular complexity index is 820. The summed E-state index contributed by atoms with van der Waals surface area (Å²) in [5.74, 6) is -0.581. The van der Waals surface area contributed by atoms with Gasteiger partial charge in [0.1, 0.15) is 5.82 Å². The average Bonchev–Trinajstić information content (AvgIpc) is 2.55. The number of fused-ring (bicyclic) bond motifs is 1. The van der Waals surface area contributed by atoms with Gasteiger partial charge in [-0.3, -0.25) is 14.8 Å². The van der Waals surface area contributed by atoms with Crippen LogP contribution in [0, 0.1) is 5.82 Å². The minimum Gasteiger partial charge on any atom is -0.352 e. The van der Waals surface area contributed by atoms with Gasteiger partial charge in [-0.05, 0) is 29.3 Å². The summed E-state index contributed by atoms with van der Waals surface area (Å²) < 4.78 is 13.5. The zero-order valence-electron chi connectivity index (χ0n) is 11.8. The smallest absolute Gasteiger partial charge is 0.224 e. The van der Waals surface area contributed by atoms with Gasteiger partial charge in [-0.2, -0.15) is 0 Å². The third-order valence-electron chi connectivity index (χ3n) is 3.33. The standard InChI is InChI=1S/C17H14FN3O/c18-14-4-2-1-3-13(14)10-17(22)21-11-12-5-6-15-16(9-12)20-8-7-19-15/h1-9H,10-11H2,(H,21,22). The number of halogens is 1. The van der Waals surface area contributed by atoms with Crippen molar-refractivity contribution in [2.24, 2.45) is 0 Å². The molecular weight excluding hydrogens is 281 g/mol. The number of hydrogen-bond acceptors (Lipinski definition) is 3. The lowest BCUT2D eigenvalue weighted by molar-refractivity contribution is -0.120. The number of carbonyl (C=O) groups excluding carboxylic acids is 1. The van der Waals surface area contributed by atoms with Crippen molar-refractivity contribution in [2.75, 3.05) is 0 Å². The molecule has 1 N–H and O–H groups in total. The van der Waals surface area contributed by atoms with Gasteiger partial charge in [-0.1, -0.05) is 24.3 Å².